The van der Waals surface area contributed by atoms with Gasteiger partial charge in [0.2, 0.25) is 6.29 Å². The molecule has 2 atom stereocenters. The molecule has 1 aliphatic rings. The summed E-state index contributed by atoms with van der Waals surface area (Å²) in [6.07, 6.45) is 3.77. The molecule has 0 radical (unpaired) electrons. The Hall–Kier alpha value is -2.07. The fourth-order valence-electron chi connectivity index (χ4n) is 1.82. The fourth-order valence-corrected chi connectivity index (χ4v) is 1.82. The van der Waals surface area contributed by atoms with Gasteiger partial charge in [-0.3, -0.25) is 4.79 Å². The second-order valence-electron chi connectivity index (χ2n) is 5.07. The zero-order valence-corrected chi connectivity index (χ0v) is 12.8. The van der Waals surface area contributed by atoms with Gasteiger partial charge in [-0.25, -0.2) is 0 Å². The Morgan fingerprint density at radius 3 is 2.29 bits per heavy atom. The monoisotopic (exact) mass is 288 g/mol. The lowest BCUT2D eigenvalue weighted by Gasteiger charge is -2.05. The third kappa shape index (κ3) is 4.76. The quantitative estimate of drug-likeness (QED) is 0.359. The molecule has 4 nitrogen and oxygen atoms in total. The summed E-state index contributed by atoms with van der Waals surface area (Å²) in [6, 6.07) is 7.82. The lowest BCUT2D eigenvalue weighted by Crippen LogP contribution is -2.00. The molecular weight excluding hydrogens is 268 g/mol. The number of esters is 1. The van der Waals surface area contributed by atoms with Crippen molar-refractivity contribution in [3.05, 3.63) is 47.7 Å². The van der Waals surface area contributed by atoms with Gasteiger partial charge in [-0.1, -0.05) is 18.2 Å². The maximum atomic E-state index is 10.8. The van der Waals surface area contributed by atoms with Crippen molar-refractivity contribution >= 4 is 11.5 Å². The van der Waals surface area contributed by atoms with Gasteiger partial charge in [-0.15, -0.1) is 0 Å². The molecule has 0 aliphatic carbocycles. The van der Waals surface area contributed by atoms with E-state index in [-0.39, 0.29) is 18.4 Å². The number of allylic oxidation sites excluding steroid dienone is 4. The first kappa shape index (κ1) is 15.3. The molecule has 0 N–H and O–H groups in total. The molecule has 1 saturated heterocycles. The van der Waals surface area contributed by atoms with E-state index in [4.69, 9.17) is 14.2 Å². The lowest BCUT2D eigenvalue weighted by atomic mass is 10.1. The van der Waals surface area contributed by atoms with Crippen LogP contribution in [0.25, 0.3) is 5.57 Å². The van der Waals surface area contributed by atoms with Crippen molar-refractivity contribution in [3.8, 4) is 5.75 Å². The van der Waals surface area contributed by atoms with Crippen LogP contribution in [0.5, 0.6) is 5.75 Å². The van der Waals surface area contributed by atoms with E-state index >= 15 is 0 Å². The van der Waals surface area contributed by atoms with Gasteiger partial charge < -0.3 is 14.2 Å². The zero-order chi connectivity index (χ0) is 15.4. The van der Waals surface area contributed by atoms with Crippen molar-refractivity contribution in [3.63, 3.8) is 0 Å². The molecule has 1 heterocycles. The Morgan fingerprint density at radius 2 is 1.76 bits per heavy atom. The molecule has 1 aliphatic heterocycles. The molecule has 1 fully saturated rings. The number of carbonyl (C=O) groups excluding carboxylic acids is 1. The average Bonchev–Trinajstić information content (AvgIpc) is 3.11. The van der Waals surface area contributed by atoms with Crippen LogP contribution in [0.4, 0.5) is 0 Å². The van der Waals surface area contributed by atoms with E-state index < -0.39 is 0 Å². The van der Waals surface area contributed by atoms with E-state index in [0.717, 1.165) is 16.9 Å². The third-order valence-electron chi connectivity index (χ3n) is 3.09. The Kier molecular flexibility index (Phi) is 4.81. The summed E-state index contributed by atoms with van der Waals surface area (Å²) < 4.78 is 15.8. The van der Waals surface area contributed by atoms with Crippen molar-refractivity contribution in [1.29, 1.82) is 0 Å². The van der Waals surface area contributed by atoms with E-state index in [2.05, 4.69) is 0 Å². The minimum atomic E-state index is -0.312. The van der Waals surface area contributed by atoms with E-state index in [1.807, 2.05) is 44.2 Å². The molecule has 0 aromatic heterocycles. The van der Waals surface area contributed by atoms with Gasteiger partial charge in [0, 0.05) is 6.92 Å². The van der Waals surface area contributed by atoms with Crippen LogP contribution in [0.3, 0.4) is 0 Å². The van der Waals surface area contributed by atoms with Gasteiger partial charge in [0.15, 0.2) is 0 Å². The Labute approximate surface area is 125 Å². The normalized spacial score (nSPS) is 21.9. The topological polar surface area (TPSA) is 48.1 Å². The molecule has 0 spiro atoms. The first-order valence-corrected chi connectivity index (χ1v) is 6.92. The summed E-state index contributed by atoms with van der Waals surface area (Å²) in [6.45, 7) is 7.11. The highest BCUT2D eigenvalue weighted by molar-refractivity contribution is 5.68. The molecular formula is C17H20O4. The molecule has 0 bridgehead atoms. The van der Waals surface area contributed by atoms with Crippen LogP contribution in [0.1, 0.15) is 33.3 Å². The van der Waals surface area contributed by atoms with Crippen LogP contribution < -0.4 is 4.74 Å². The van der Waals surface area contributed by atoms with Crippen LogP contribution in [-0.2, 0) is 14.3 Å². The van der Waals surface area contributed by atoms with Gasteiger partial charge in [0.1, 0.15) is 17.6 Å². The number of ether oxygens (including phenoxy) is 3. The molecule has 1 aromatic rings. The van der Waals surface area contributed by atoms with Crippen LogP contribution in [0.15, 0.2) is 42.2 Å². The Morgan fingerprint density at radius 1 is 1.14 bits per heavy atom. The van der Waals surface area contributed by atoms with Gasteiger partial charge in [-0.2, -0.15) is 0 Å². The predicted octanol–water partition coefficient (Wildman–Crippen LogP) is 3.68. The number of rotatable bonds is 5. The Balaban J connectivity index is 1.98. The van der Waals surface area contributed by atoms with Crippen LogP contribution >= 0.6 is 0 Å². The van der Waals surface area contributed by atoms with Crippen LogP contribution in [-0.4, -0.2) is 18.4 Å². The highest BCUT2D eigenvalue weighted by Gasteiger charge is 2.36. The third-order valence-corrected chi connectivity index (χ3v) is 3.09. The SMILES string of the molecule is CC(=O)O/C(C)=C/C=C(\C)c1ccc(OC2OC2C)cc1. The van der Waals surface area contributed by atoms with Crippen molar-refractivity contribution < 1.29 is 19.0 Å². The number of hydrogen-bond donors (Lipinski definition) is 0. The maximum absolute atomic E-state index is 10.8. The first-order chi connectivity index (χ1) is 9.95. The average molecular weight is 288 g/mol. The van der Waals surface area contributed by atoms with E-state index in [9.17, 15) is 4.79 Å². The van der Waals surface area contributed by atoms with Gasteiger partial charge in [-0.05, 0) is 50.1 Å². The summed E-state index contributed by atoms with van der Waals surface area (Å²) >= 11 is 0. The van der Waals surface area contributed by atoms with Crippen LogP contribution in [0.2, 0.25) is 0 Å². The summed E-state index contributed by atoms with van der Waals surface area (Å²) in [5.41, 5.74) is 2.16. The van der Waals surface area contributed by atoms with E-state index in [0.29, 0.717) is 5.76 Å². The fraction of sp³-hybridized carbons (Fsp3) is 0.353. The summed E-state index contributed by atoms with van der Waals surface area (Å²) in [5, 5.41) is 0. The number of epoxide rings is 1. The van der Waals surface area contributed by atoms with Gasteiger partial charge >= 0.3 is 5.97 Å². The Bertz CT molecular complexity index is 569. The number of benzene rings is 1. The largest absolute Gasteiger partial charge is 0.462 e. The smallest absolute Gasteiger partial charge is 0.307 e. The first-order valence-electron chi connectivity index (χ1n) is 6.92. The minimum Gasteiger partial charge on any atom is -0.462 e. The van der Waals surface area contributed by atoms with Crippen molar-refractivity contribution in [1.82, 2.24) is 0 Å². The van der Waals surface area contributed by atoms with Crippen molar-refractivity contribution in [2.75, 3.05) is 0 Å². The molecule has 4 heteroatoms. The van der Waals surface area contributed by atoms with Gasteiger partial charge in [0.25, 0.3) is 0 Å². The molecule has 1 aromatic carbocycles. The number of hydrogen-bond acceptors (Lipinski definition) is 4. The standard InChI is InChI=1S/C17H20O4/c1-11(5-6-12(2)19-14(4)18)15-7-9-16(10-8-15)21-17-13(3)20-17/h5-10,13,17H,1-4H3/b11-5+,12-6+. The van der Waals surface area contributed by atoms with Crippen LogP contribution in [0, 0.1) is 0 Å². The predicted molar refractivity (Wildman–Crippen MR) is 80.6 cm³/mol. The highest BCUT2D eigenvalue weighted by Crippen LogP contribution is 2.26. The molecule has 21 heavy (non-hydrogen) atoms. The summed E-state index contributed by atoms with van der Waals surface area (Å²) in [7, 11) is 0. The highest BCUT2D eigenvalue weighted by atomic mass is 16.8. The van der Waals surface area contributed by atoms with Gasteiger partial charge in [0.05, 0.1) is 0 Å². The lowest BCUT2D eigenvalue weighted by molar-refractivity contribution is -0.136. The molecule has 0 saturated carbocycles. The molecule has 2 rings (SSSR count). The molecule has 0 amide bonds. The number of carbonyl (C=O) groups is 1. The van der Waals surface area contributed by atoms with Crippen molar-refractivity contribution in [2.24, 2.45) is 0 Å². The van der Waals surface area contributed by atoms with E-state index in [1.165, 1.54) is 6.92 Å². The zero-order valence-electron chi connectivity index (χ0n) is 12.8. The minimum absolute atomic E-state index is 0.109. The second kappa shape index (κ2) is 6.59. The maximum Gasteiger partial charge on any atom is 0.307 e. The van der Waals surface area contributed by atoms with Crippen molar-refractivity contribution in [2.45, 2.75) is 40.1 Å². The molecule has 112 valence electrons. The van der Waals surface area contributed by atoms with E-state index in [1.54, 1.807) is 13.0 Å². The summed E-state index contributed by atoms with van der Waals surface area (Å²) in [4.78, 5) is 10.8. The second-order valence-corrected chi connectivity index (χ2v) is 5.07. The summed E-state index contributed by atoms with van der Waals surface area (Å²) in [5.74, 6) is 1.06. The molecule has 2 unspecified atom stereocenters.